The molecular formula is C15H20N4OS. The molecule has 0 saturated heterocycles. The van der Waals surface area contributed by atoms with Gasteiger partial charge in [-0.2, -0.15) is 0 Å². The Morgan fingerprint density at radius 1 is 1.33 bits per heavy atom. The molecule has 0 unspecified atom stereocenters. The number of nitrogens with two attached hydrogens (primary N) is 2. The summed E-state index contributed by atoms with van der Waals surface area (Å²) in [6, 6.07) is 9.26. The Hall–Kier alpha value is -1.92. The average Bonchev–Trinajstić information content (AvgIpc) is 2.90. The molecule has 5 nitrogen and oxygen atoms in total. The molecule has 0 aliphatic rings. The van der Waals surface area contributed by atoms with Gasteiger partial charge in [0.05, 0.1) is 11.7 Å². The summed E-state index contributed by atoms with van der Waals surface area (Å²) >= 11 is 1.43. The van der Waals surface area contributed by atoms with Crippen LogP contribution in [0.2, 0.25) is 0 Å². The lowest BCUT2D eigenvalue weighted by Crippen LogP contribution is -2.42. The summed E-state index contributed by atoms with van der Waals surface area (Å²) in [5.74, 6) is -0.114. The molecule has 0 saturated carbocycles. The SMILES string of the molecule is Nc1nc(CCCNC(=O)[C@@H](N)Cc2ccccc2)cs1. The zero-order valence-corrected chi connectivity index (χ0v) is 12.6. The number of aromatic nitrogens is 1. The first-order valence-electron chi connectivity index (χ1n) is 6.92. The molecule has 0 fully saturated rings. The van der Waals surface area contributed by atoms with E-state index in [1.807, 2.05) is 35.7 Å². The van der Waals surface area contributed by atoms with Crippen molar-refractivity contribution in [3.05, 3.63) is 47.0 Å². The van der Waals surface area contributed by atoms with Crippen LogP contribution in [0.5, 0.6) is 0 Å². The third-order valence-corrected chi connectivity index (χ3v) is 3.84. The normalized spacial score (nSPS) is 12.0. The average molecular weight is 304 g/mol. The Kier molecular flexibility index (Phi) is 5.71. The van der Waals surface area contributed by atoms with Gasteiger partial charge in [0.1, 0.15) is 0 Å². The summed E-state index contributed by atoms with van der Waals surface area (Å²) in [4.78, 5) is 16.1. The van der Waals surface area contributed by atoms with Crippen molar-refractivity contribution in [2.75, 3.05) is 12.3 Å². The lowest BCUT2D eigenvalue weighted by Gasteiger charge is -2.12. The Bertz CT molecular complexity index is 570. The van der Waals surface area contributed by atoms with Gasteiger partial charge in [0.25, 0.3) is 0 Å². The second-order valence-corrected chi connectivity index (χ2v) is 5.76. The number of hydrogen-bond donors (Lipinski definition) is 3. The van der Waals surface area contributed by atoms with Crippen LogP contribution < -0.4 is 16.8 Å². The maximum Gasteiger partial charge on any atom is 0.237 e. The van der Waals surface area contributed by atoms with Crippen molar-refractivity contribution < 1.29 is 4.79 Å². The van der Waals surface area contributed by atoms with Gasteiger partial charge in [-0.05, 0) is 24.8 Å². The summed E-state index contributed by atoms with van der Waals surface area (Å²) in [5, 5.41) is 5.39. The third-order valence-electron chi connectivity index (χ3n) is 3.11. The van der Waals surface area contributed by atoms with Crippen molar-refractivity contribution in [2.45, 2.75) is 25.3 Å². The number of thiazole rings is 1. The fraction of sp³-hybridized carbons (Fsp3) is 0.333. The number of amides is 1. The highest BCUT2D eigenvalue weighted by molar-refractivity contribution is 7.13. The van der Waals surface area contributed by atoms with E-state index in [1.165, 1.54) is 11.3 Å². The Morgan fingerprint density at radius 2 is 2.10 bits per heavy atom. The van der Waals surface area contributed by atoms with E-state index in [9.17, 15) is 4.79 Å². The molecule has 0 aliphatic carbocycles. The molecule has 112 valence electrons. The van der Waals surface area contributed by atoms with Crippen molar-refractivity contribution in [2.24, 2.45) is 5.73 Å². The molecule has 0 bridgehead atoms. The molecule has 1 atom stereocenters. The number of anilines is 1. The molecule has 5 N–H and O–H groups in total. The highest BCUT2D eigenvalue weighted by Crippen LogP contribution is 2.12. The fourth-order valence-electron chi connectivity index (χ4n) is 2.01. The van der Waals surface area contributed by atoms with Gasteiger partial charge >= 0.3 is 0 Å². The highest BCUT2D eigenvalue weighted by Gasteiger charge is 2.13. The lowest BCUT2D eigenvalue weighted by molar-refractivity contribution is -0.122. The van der Waals surface area contributed by atoms with Gasteiger partial charge in [-0.1, -0.05) is 30.3 Å². The second kappa shape index (κ2) is 7.75. The van der Waals surface area contributed by atoms with E-state index in [0.29, 0.717) is 18.1 Å². The van der Waals surface area contributed by atoms with Gasteiger partial charge in [0.2, 0.25) is 5.91 Å². The van der Waals surface area contributed by atoms with Crippen LogP contribution in [0.25, 0.3) is 0 Å². The maximum atomic E-state index is 11.9. The summed E-state index contributed by atoms with van der Waals surface area (Å²) in [7, 11) is 0. The first kappa shape index (κ1) is 15.5. The molecule has 21 heavy (non-hydrogen) atoms. The molecule has 1 aromatic heterocycles. The zero-order chi connectivity index (χ0) is 15.1. The molecule has 0 aliphatic heterocycles. The monoisotopic (exact) mass is 304 g/mol. The largest absolute Gasteiger partial charge is 0.375 e. The number of nitrogens with one attached hydrogen (secondary N) is 1. The van der Waals surface area contributed by atoms with Crippen LogP contribution in [0.15, 0.2) is 35.7 Å². The number of aryl methyl sites for hydroxylation is 1. The number of carbonyl (C=O) groups is 1. The van der Waals surface area contributed by atoms with Crippen LogP contribution in [-0.4, -0.2) is 23.5 Å². The molecular weight excluding hydrogens is 284 g/mol. The van der Waals surface area contributed by atoms with Crippen LogP contribution in [-0.2, 0) is 17.6 Å². The topological polar surface area (TPSA) is 94.0 Å². The Labute approximate surface area is 128 Å². The number of nitrogens with zero attached hydrogens (tertiary/aromatic N) is 1. The van der Waals surface area contributed by atoms with Gasteiger partial charge in [-0.15, -0.1) is 11.3 Å². The van der Waals surface area contributed by atoms with Crippen molar-refractivity contribution in [1.82, 2.24) is 10.3 Å². The Morgan fingerprint density at radius 3 is 2.76 bits per heavy atom. The molecule has 0 spiro atoms. The minimum Gasteiger partial charge on any atom is -0.375 e. The van der Waals surface area contributed by atoms with Crippen LogP contribution in [0, 0.1) is 0 Å². The smallest absolute Gasteiger partial charge is 0.237 e. The molecule has 2 rings (SSSR count). The maximum absolute atomic E-state index is 11.9. The van der Waals surface area contributed by atoms with Crippen molar-refractivity contribution >= 4 is 22.4 Å². The number of benzene rings is 1. The van der Waals surface area contributed by atoms with Crippen LogP contribution in [0.3, 0.4) is 0 Å². The van der Waals surface area contributed by atoms with Gasteiger partial charge in [-0.25, -0.2) is 4.98 Å². The Balaban J connectivity index is 1.67. The van der Waals surface area contributed by atoms with Crippen molar-refractivity contribution in [3.63, 3.8) is 0 Å². The van der Waals surface area contributed by atoms with E-state index in [-0.39, 0.29) is 5.91 Å². The minimum absolute atomic E-state index is 0.114. The molecule has 1 amide bonds. The standard InChI is InChI=1S/C15H20N4OS/c16-13(9-11-5-2-1-3-6-11)14(20)18-8-4-7-12-10-21-15(17)19-12/h1-3,5-6,10,13H,4,7-9,16H2,(H2,17,19)(H,18,20)/t13-/m0/s1. The minimum atomic E-state index is -0.512. The van der Waals surface area contributed by atoms with Crippen molar-refractivity contribution in [3.8, 4) is 0 Å². The quantitative estimate of drug-likeness (QED) is 0.673. The first-order valence-corrected chi connectivity index (χ1v) is 7.80. The molecule has 1 aromatic carbocycles. The second-order valence-electron chi connectivity index (χ2n) is 4.87. The van der Waals surface area contributed by atoms with Gasteiger partial charge in [0.15, 0.2) is 5.13 Å². The summed E-state index contributed by atoms with van der Waals surface area (Å²) in [6.07, 6.45) is 2.18. The van der Waals surface area contributed by atoms with Crippen LogP contribution >= 0.6 is 11.3 Å². The third kappa shape index (κ3) is 5.17. The number of hydrogen-bond acceptors (Lipinski definition) is 5. The first-order chi connectivity index (χ1) is 10.1. The molecule has 2 aromatic rings. The molecule has 1 heterocycles. The summed E-state index contributed by atoms with van der Waals surface area (Å²) in [6.45, 7) is 0.596. The van der Waals surface area contributed by atoms with E-state index >= 15 is 0 Å². The molecule has 6 heteroatoms. The van der Waals surface area contributed by atoms with Crippen molar-refractivity contribution in [1.29, 1.82) is 0 Å². The van der Waals surface area contributed by atoms with Gasteiger partial charge in [-0.3, -0.25) is 4.79 Å². The predicted octanol–water partition coefficient (Wildman–Crippen LogP) is 1.34. The zero-order valence-electron chi connectivity index (χ0n) is 11.8. The van der Waals surface area contributed by atoms with Crippen LogP contribution in [0.1, 0.15) is 17.7 Å². The number of carbonyl (C=O) groups excluding carboxylic acids is 1. The van der Waals surface area contributed by atoms with E-state index < -0.39 is 6.04 Å². The van der Waals surface area contributed by atoms with Gasteiger partial charge < -0.3 is 16.8 Å². The number of nitrogen functional groups attached to an aromatic ring is 1. The molecule has 0 radical (unpaired) electrons. The number of rotatable bonds is 7. The van der Waals surface area contributed by atoms with Gasteiger partial charge in [0, 0.05) is 11.9 Å². The fourth-order valence-corrected chi connectivity index (χ4v) is 2.61. The van der Waals surface area contributed by atoms with E-state index in [2.05, 4.69) is 10.3 Å². The highest BCUT2D eigenvalue weighted by atomic mass is 32.1. The van der Waals surface area contributed by atoms with E-state index in [1.54, 1.807) is 0 Å². The predicted molar refractivity (Wildman–Crippen MR) is 86.0 cm³/mol. The van der Waals surface area contributed by atoms with Crippen LogP contribution in [0.4, 0.5) is 5.13 Å². The summed E-state index contributed by atoms with van der Waals surface area (Å²) in [5.41, 5.74) is 13.5. The van der Waals surface area contributed by atoms with E-state index in [4.69, 9.17) is 11.5 Å². The lowest BCUT2D eigenvalue weighted by atomic mass is 10.1. The van der Waals surface area contributed by atoms with E-state index in [0.717, 1.165) is 24.1 Å². The summed E-state index contributed by atoms with van der Waals surface area (Å²) < 4.78 is 0.